The van der Waals surface area contributed by atoms with Crippen LogP contribution in [0.25, 0.3) is 18.2 Å². The number of pyridine rings is 1. The second-order valence-electron chi connectivity index (χ2n) is 3.95. The van der Waals surface area contributed by atoms with Crippen LogP contribution in [0.2, 0.25) is 0 Å². The molecule has 1 N–H and O–H groups in total. The number of aliphatic carboxylic acids is 1. The monoisotopic (exact) mass is 251 g/mol. The molecule has 0 atom stereocenters. The summed E-state index contributed by atoms with van der Waals surface area (Å²) in [7, 11) is 0. The van der Waals surface area contributed by atoms with Gasteiger partial charge in [-0.1, -0.05) is 36.4 Å². The number of carboxylic acids is 1. The lowest BCUT2D eigenvalue weighted by Gasteiger charge is -1.96. The highest BCUT2D eigenvalue weighted by molar-refractivity contribution is 5.85. The molecule has 0 fully saturated rings. The molecule has 2 rings (SSSR count). The summed E-state index contributed by atoms with van der Waals surface area (Å²) in [6, 6.07) is 11.5. The van der Waals surface area contributed by atoms with Crippen LogP contribution in [-0.4, -0.2) is 16.1 Å². The summed E-state index contributed by atoms with van der Waals surface area (Å²) < 4.78 is 0. The van der Waals surface area contributed by atoms with Gasteiger partial charge in [-0.05, 0) is 34.9 Å². The standard InChI is InChI=1S/C16H13NO2/c18-16(19)8-7-14-3-1-13(2-4-14)5-6-15-9-11-17-12-10-15/h1-12H,(H,18,19). The van der Waals surface area contributed by atoms with Crippen molar-refractivity contribution in [1.82, 2.24) is 4.98 Å². The lowest BCUT2D eigenvalue weighted by atomic mass is 10.1. The van der Waals surface area contributed by atoms with Gasteiger partial charge in [-0.2, -0.15) is 0 Å². The topological polar surface area (TPSA) is 50.2 Å². The summed E-state index contributed by atoms with van der Waals surface area (Å²) in [6.07, 6.45) is 10.2. The summed E-state index contributed by atoms with van der Waals surface area (Å²) in [5.74, 6) is -0.943. The number of nitrogens with zero attached hydrogens (tertiary/aromatic N) is 1. The molecule has 0 bridgehead atoms. The van der Waals surface area contributed by atoms with Gasteiger partial charge in [0.2, 0.25) is 0 Å². The molecular formula is C16H13NO2. The van der Waals surface area contributed by atoms with E-state index in [1.165, 1.54) is 0 Å². The van der Waals surface area contributed by atoms with Crippen molar-refractivity contribution in [3.05, 3.63) is 71.6 Å². The van der Waals surface area contributed by atoms with Crippen LogP contribution in [0.15, 0.2) is 54.9 Å². The number of hydrogen-bond donors (Lipinski definition) is 1. The largest absolute Gasteiger partial charge is 0.478 e. The fraction of sp³-hybridized carbons (Fsp3) is 0. The molecule has 0 saturated carbocycles. The van der Waals surface area contributed by atoms with Crippen molar-refractivity contribution >= 4 is 24.2 Å². The van der Waals surface area contributed by atoms with Crippen molar-refractivity contribution in [3.8, 4) is 0 Å². The number of rotatable bonds is 4. The molecule has 1 heterocycles. The van der Waals surface area contributed by atoms with Crippen molar-refractivity contribution in [2.75, 3.05) is 0 Å². The Balaban J connectivity index is 2.07. The number of aromatic nitrogens is 1. The first-order valence-corrected chi connectivity index (χ1v) is 5.83. The zero-order valence-corrected chi connectivity index (χ0v) is 10.2. The minimum Gasteiger partial charge on any atom is -0.478 e. The van der Waals surface area contributed by atoms with Crippen molar-refractivity contribution < 1.29 is 9.90 Å². The van der Waals surface area contributed by atoms with E-state index in [1.54, 1.807) is 18.5 Å². The Labute approximate surface area is 111 Å². The Hall–Kier alpha value is -2.68. The smallest absolute Gasteiger partial charge is 0.328 e. The average Bonchev–Trinajstić information content (AvgIpc) is 2.45. The van der Waals surface area contributed by atoms with E-state index < -0.39 is 5.97 Å². The normalized spacial score (nSPS) is 11.2. The van der Waals surface area contributed by atoms with Gasteiger partial charge >= 0.3 is 5.97 Å². The molecule has 19 heavy (non-hydrogen) atoms. The van der Waals surface area contributed by atoms with Crippen LogP contribution in [0.5, 0.6) is 0 Å². The quantitative estimate of drug-likeness (QED) is 0.848. The second-order valence-corrected chi connectivity index (χ2v) is 3.95. The summed E-state index contributed by atoms with van der Waals surface area (Å²) in [5, 5.41) is 8.54. The average molecular weight is 251 g/mol. The van der Waals surface area contributed by atoms with Crippen LogP contribution in [0, 0.1) is 0 Å². The van der Waals surface area contributed by atoms with E-state index in [4.69, 9.17) is 5.11 Å². The van der Waals surface area contributed by atoms with E-state index in [-0.39, 0.29) is 0 Å². The maximum absolute atomic E-state index is 10.4. The summed E-state index contributed by atoms with van der Waals surface area (Å²) >= 11 is 0. The van der Waals surface area contributed by atoms with Crippen LogP contribution >= 0.6 is 0 Å². The van der Waals surface area contributed by atoms with E-state index in [2.05, 4.69) is 4.98 Å². The molecule has 2 aromatic rings. The van der Waals surface area contributed by atoms with Gasteiger partial charge in [-0.3, -0.25) is 4.98 Å². The van der Waals surface area contributed by atoms with Crippen LogP contribution in [0.1, 0.15) is 16.7 Å². The molecule has 3 nitrogen and oxygen atoms in total. The van der Waals surface area contributed by atoms with Gasteiger partial charge < -0.3 is 5.11 Å². The molecule has 0 aliphatic heterocycles. The van der Waals surface area contributed by atoms with Crippen LogP contribution in [0.3, 0.4) is 0 Å². The summed E-state index contributed by atoms with van der Waals surface area (Å²) in [6.45, 7) is 0. The minimum atomic E-state index is -0.943. The van der Waals surface area contributed by atoms with Crippen molar-refractivity contribution in [2.45, 2.75) is 0 Å². The fourth-order valence-electron chi connectivity index (χ4n) is 1.55. The Morgan fingerprint density at radius 2 is 1.32 bits per heavy atom. The SMILES string of the molecule is O=C(O)C=Cc1ccc(C=Cc2ccncc2)cc1. The third-order valence-electron chi connectivity index (χ3n) is 2.53. The first-order valence-electron chi connectivity index (χ1n) is 5.83. The van der Waals surface area contributed by atoms with Crippen molar-refractivity contribution in [2.24, 2.45) is 0 Å². The van der Waals surface area contributed by atoms with Crippen molar-refractivity contribution in [3.63, 3.8) is 0 Å². The summed E-state index contributed by atoms with van der Waals surface area (Å²) in [4.78, 5) is 14.4. The van der Waals surface area contributed by atoms with E-state index in [0.29, 0.717) is 0 Å². The number of carboxylic acid groups (broad SMARTS) is 1. The molecule has 0 amide bonds. The zero-order valence-electron chi connectivity index (χ0n) is 10.2. The highest BCUT2D eigenvalue weighted by atomic mass is 16.4. The first-order chi connectivity index (χ1) is 9.24. The number of hydrogen-bond acceptors (Lipinski definition) is 2. The van der Waals surface area contributed by atoms with Gasteiger partial charge in [-0.25, -0.2) is 4.79 Å². The van der Waals surface area contributed by atoms with Gasteiger partial charge in [0.1, 0.15) is 0 Å². The predicted octanol–water partition coefficient (Wildman–Crippen LogP) is 3.35. The molecule has 0 radical (unpaired) electrons. The molecule has 0 aliphatic carbocycles. The van der Waals surface area contributed by atoms with E-state index in [0.717, 1.165) is 22.8 Å². The predicted molar refractivity (Wildman–Crippen MR) is 76.3 cm³/mol. The third-order valence-corrected chi connectivity index (χ3v) is 2.53. The molecular weight excluding hydrogens is 238 g/mol. The number of carbonyl (C=O) groups is 1. The molecule has 0 saturated heterocycles. The Kier molecular flexibility index (Phi) is 4.24. The molecule has 1 aromatic carbocycles. The molecule has 0 aliphatic rings. The number of benzene rings is 1. The zero-order chi connectivity index (χ0) is 13.5. The first kappa shape index (κ1) is 12.8. The van der Waals surface area contributed by atoms with Crippen LogP contribution in [0.4, 0.5) is 0 Å². The van der Waals surface area contributed by atoms with Gasteiger partial charge in [0.25, 0.3) is 0 Å². The van der Waals surface area contributed by atoms with Crippen LogP contribution in [-0.2, 0) is 4.79 Å². The van der Waals surface area contributed by atoms with E-state index in [9.17, 15) is 4.79 Å². The maximum Gasteiger partial charge on any atom is 0.328 e. The molecule has 0 unspecified atom stereocenters. The Morgan fingerprint density at radius 1 is 0.842 bits per heavy atom. The maximum atomic E-state index is 10.4. The minimum absolute atomic E-state index is 0.864. The van der Waals surface area contributed by atoms with Crippen LogP contribution < -0.4 is 0 Å². The van der Waals surface area contributed by atoms with Gasteiger partial charge in [0.05, 0.1) is 0 Å². The van der Waals surface area contributed by atoms with Crippen molar-refractivity contribution in [1.29, 1.82) is 0 Å². The lowest BCUT2D eigenvalue weighted by Crippen LogP contribution is -1.85. The fourth-order valence-corrected chi connectivity index (χ4v) is 1.55. The van der Waals surface area contributed by atoms with E-state index in [1.807, 2.05) is 48.6 Å². The Morgan fingerprint density at radius 3 is 1.84 bits per heavy atom. The van der Waals surface area contributed by atoms with E-state index >= 15 is 0 Å². The van der Waals surface area contributed by atoms with Gasteiger partial charge in [0, 0.05) is 18.5 Å². The molecule has 3 heteroatoms. The molecule has 0 spiro atoms. The highest BCUT2D eigenvalue weighted by Gasteiger charge is 1.91. The Bertz CT molecular complexity index is 598. The second kappa shape index (κ2) is 6.31. The lowest BCUT2D eigenvalue weighted by molar-refractivity contribution is -0.131. The third kappa shape index (κ3) is 4.24. The van der Waals surface area contributed by atoms with Gasteiger partial charge in [0.15, 0.2) is 0 Å². The van der Waals surface area contributed by atoms with Gasteiger partial charge in [-0.15, -0.1) is 0 Å². The summed E-state index contributed by atoms with van der Waals surface area (Å²) in [5.41, 5.74) is 3.01. The highest BCUT2D eigenvalue weighted by Crippen LogP contribution is 2.10. The molecule has 1 aromatic heterocycles. The molecule has 94 valence electrons.